The number of carbonyl (C=O) groups excluding carboxylic acids is 2. The quantitative estimate of drug-likeness (QED) is 0.561. The number of hydrogen-bond acceptors (Lipinski definition) is 2. The Balaban J connectivity index is 3.64. The summed E-state index contributed by atoms with van der Waals surface area (Å²) >= 11 is 3.32. The SMILES string of the molecule is CNC(=O)CCN(C)C(=O)CCCCBr. The molecule has 0 unspecified atom stereocenters. The Hall–Kier alpha value is -0.580. The average Bonchev–Trinajstić information content (AvgIpc) is 2.25. The summed E-state index contributed by atoms with van der Waals surface area (Å²) in [6.07, 6.45) is 2.84. The predicted octanol–water partition coefficient (Wildman–Crippen LogP) is 1.15. The third-order valence-corrected chi connectivity index (χ3v) is 2.71. The summed E-state index contributed by atoms with van der Waals surface area (Å²) in [5.41, 5.74) is 0. The fourth-order valence-electron chi connectivity index (χ4n) is 1.08. The van der Waals surface area contributed by atoms with Gasteiger partial charge in [0.25, 0.3) is 0 Å². The van der Waals surface area contributed by atoms with E-state index in [2.05, 4.69) is 21.2 Å². The monoisotopic (exact) mass is 278 g/mol. The molecule has 88 valence electrons. The lowest BCUT2D eigenvalue weighted by Gasteiger charge is -2.16. The molecule has 0 fully saturated rings. The molecular formula is C10H19BrN2O2. The second kappa shape index (κ2) is 8.71. The largest absolute Gasteiger partial charge is 0.359 e. The first-order chi connectivity index (χ1) is 7.11. The molecule has 0 aliphatic heterocycles. The molecule has 0 aliphatic carbocycles. The molecular weight excluding hydrogens is 260 g/mol. The summed E-state index contributed by atoms with van der Waals surface area (Å²) in [6.45, 7) is 0.493. The molecule has 0 aliphatic rings. The van der Waals surface area contributed by atoms with Gasteiger partial charge < -0.3 is 10.2 Å². The highest BCUT2D eigenvalue weighted by Gasteiger charge is 2.09. The van der Waals surface area contributed by atoms with Gasteiger partial charge in [-0.25, -0.2) is 0 Å². The fourth-order valence-corrected chi connectivity index (χ4v) is 1.48. The van der Waals surface area contributed by atoms with Crippen LogP contribution in [0, 0.1) is 0 Å². The Bertz CT molecular complexity index is 210. The van der Waals surface area contributed by atoms with Crippen LogP contribution in [0.5, 0.6) is 0 Å². The zero-order valence-corrected chi connectivity index (χ0v) is 11.0. The molecule has 4 nitrogen and oxygen atoms in total. The zero-order valence-electron chi connectivity index (χ0n) is 9.38. The molecule has 0 radical (unpaired) electrons. The molecule has 0 saturated carbocycles. The molecule has 0 aromatic heterocycles. The first-order valence-corrected chi connectivity index (χ1v) is 6.24. The van der Waals surface area contributed by atoms with E-state index in [1.165, 1.54) is 0 Å². The van der Waals surface area contributed by atoms with E-state index in [-0.39, 0.29) is 11.8 Å². The molecule has 15 heavy (non-hydrogen) atoms. The van der Waals surface area contributed by atoms with Gasteiger partial charge in [-0.05, 0) is 12.8 Å². The van der Waals surface area contributed by atoms with Crippen LogP contribution in [-0.2, 0) is 9.59 Å². The van der Waals surface area contributed by atoms with Crippen molar-refractivity contribution in [1.29, 1.82) is 0 Å². The van der Waals surface area contributed by atoms with E-state index in [0.717, 1.165) is 18.2 Å². The van der Waals surface area contributed by atoms with Crippen molar-refractivity contribution in [2.24, 2.45) is 0 Å². The first-order valence-electron chi connectivity index (χ1n) is 5.12. The number of nitrogens with zero attached hydrogens (tertiary/aromatic N) is 1. The van der Waals surface area contributed by atoms with Crippen molar-refractivity contribution >= 4 is 27.7 Å². The molecule has 5 heteroatoms. The molecule has 0 atom stereocenters. The lowest BCUT2D eigenvalue weighted by atomic mass is 10.2. The molecule has 0 aromatic carbocycles. The summed E-state index contributed by atoms with van der Waals surface area (Å²) in [5, 5.41) is 3.46. The highest BCUT2D eigenvalue weighted by Crippen LogP contribution is 2.02. The van der Waals surface area contributed by atoms with E-state index >= 15 is 0 Å². The molecule has 0 spiro atoms. The zero-order chi connectivity index (χ0) is 11.7. The third kappa shape index (κ3) is 7.36. The minimum Gasteiger partial charge on any atom is -0.359 e. The number of halogens is 1. The van der Waals surface area contributed by atoms with Crippen molar-refractivity contribution in [3.8, 4) is 0 Å². The Morgan fingerprint density at radius 1 is 1.27 bits per heavy atom. The minimum absolute atomic E-state index is 0.0323. The summed E-state index contributed by atoms with van der Waals surface area (Å²) in [4.78, 5) is 24.1. The van der Waals surface area contributed by atoms with Crippen LogP contribution >= 0.6 is 15.9 Å². The highest BCUT2D eigenvalue weighted by atomic mass is 79.9. The Kier molecular flexibility index (Phi) is 8.37. The van der Waals surface area contributed by atoms with Gasteiger partial charge in [0, 0.05) is 38.8 Å². The van der Waals surface area contributed by atoms with E-state index in [4.69, 9.17) is 0 Å². The van der Waals surface area contributed by atoms with Crippen LogP contribution < -0.4 is 5.32 Å². The molecule has 0 aromatic rings. The van der Waals surface area contributed by atoms with Gasteiger partial charge in [-0.15, -0.1) is 0 Å². The summed E-state index contributed by atoms with van der Waals surface area (Å²) in [6, 6.07) is 0. The van der Waals surface area contributed by atoms with E-state index in [9.17, 15) is 9.59 Å². The van der Waals surface area contributed by atoms with Crippen molar-refractivity contribution in [3.63, 3.8) is 0 Å². The Morgan fingerprint density at radius 2 is 1.93 bits per heavy atom. The van der Waals surface area contributed by atoms with Crippen molar-refractivity contribution in [3.05, 3.63) is 0 Å². The third-order valence-electron chi connectivity index (χ3n) is 2.15. The first kappa shape index (κ1) is 14.4. The molecule has 0 heterocycles. The van der Waals surface area contributed by atoms with E-state index in [1.807, 2.05) is 0 Å². The van der Waals surface area contributed by atoms with Gasteiger partial charge in [0.2, 0.25) is 11.8 Å². The number of alkyl halides is 1. The highest BCUT2D eigenvalue weighted by molar-refractivity contribution is 9.09. The number of amides is 2. The molecule has 0 saturated heterocycles. The van der Waals surface area contributed by atoms with Crippen LogP contribution in [0.2, 0.25) is 0 Å². The van der Waals surface area contributed by atoms with Crippen molar-refractivity contribution in [2.75, 3.05) is 26.0 Å². The number of carbonyl (C=O) groups is 2. The average molecular weight is 279 g/mol. The number of unbranched alkanes of at least 4 members (excludes halogenated alkanes) is 1. The maximum atomic E-state index is 11.5. The van der Waals surface area contributed by atoms with Crippen LogP contribution in [0.1, 0.15) is 25.7 Å². The minimum atomic E-state index is -0.0323. The molecule has 1 N–H and O–H groups in total. The second-order valence-electron chi connectivity index (χ2n) is 3.38. The van der Waals surface area contributed by atoms with Crippen molar-refractivity contribution in [2.45, 2.75) is 25.7 Å². The number of rotatable bonds is 7. The predicted molar refractivity (Wildman–Crippen MR) is 64.0 cm³/mol. The Labute approximate surface area is 99.5 Å². The van der Waals surface area contributed by atoms with Crippen LogP contribution in [0.4, 0.5) is 0 Å². The molecule has 0 bridgehead atoms. The number of nitrogens with one attached hydrogen (secondary N) is 1. The number of hydrogen-bond donors (Lipinski definition) is 1. The van der Waals surface area contributed by atoms with Crippen LogP contribution in [-0.4, -0.2) is 42.7 Å². The fraction of sp³-hybridized carbons (Fsp3) is 0.800. The van der Waals surface area contributed by atoms with Gasteiger partial charge in [-0.2, -0.15) is 0 Å². The van der Waals surface area contributed by atoms with Gasteiger partial charge in [0.15, 0.2) is 0 Å². The lowest BCUT2D eigenvalue weighted by Crippen LogP contribution is -2.31. The molecule has 2 amide bonds. The Morgan fingerprint density at radius 3 is 2.47 bits per heavy atom. The van der Waals surface area contributed by atoms with Crippen molar-refractivity contribution < 1.29 is 9.59 Å². The summed E-state index contributed by atoms with van der Waals surface area (Å²) < 4.78 is 0. The van der Waals surface area contributed by atoms with Gasteiger partial charge in [-0.3, -0.25) is 9.59 Å². The van der Waals surface area contributed by atoms with Crippen LogP contribution in [0.25, 0.3) is 0 Å². The normalized spacial score (nSPS) is 9.80. The molecule has 0 rings (SSSR count). The summed E-state index contributed by atoms with van der Waals surface area (Å²) in [7, 11) is 3.33. The van der Waals surface area contributed by atoms with Gasteiger partial charge in [0.05, 0.1) is 0 Å². The van der Waals surface area contributed by atoms with Crippen LogP contribution in [0.15, 0.2) is 0 Å². The standard InChI is InChI=1S/C10H19BrN2O2/c1-12-9(14)6-8-13(2)10(15)5-3-4-7-11/h3-8H2,1-2H3,(H,12,14). The van der Waals surface area contributed by atoms with Gasteiger partial charge >= 0.3 is 0 Å². The maximum absolute atomic E-state index is 11.5. The van der Waals surface area contributed by atoms with Crippen LogP contribution in [0.3, 0.4) is 0 Å². The van der Waals surface area contributed by atoms with E-state index < -0.39 is 0 Å². The van der Waals surface area contributed by atoms with Crippen molar-refractivity contribution in [1.82, 2.24) is 10.2 Å². The lowest BCUT2D eigenvalue weighted by molar-refractivity contribution is -0.130. The van der Waals surface area contributed by atoms with Gasteiger partial charge in [0.1, 0.15) is 0 Å². The smallest absolute Gasteiger partial charge is 0.222 e. The van der Waals surface area contributed by atoms with E-state index in [1.54, 1.807) is 19.0 Å². The topological polar surface area (TPSA) is 49.4 Å². The van der Waals surface area contributed by atoms with E-state index in [0.29, 0.717) is 19.4 Å². The summed E-state index contributed by atoms with van der Waals surface area (Å²) in [5.74, 6) is 0.0787. The second-order valence-corrected chi connectivity index (χ2v) is 4.18. The van der Waals surface area contributed by atoms with Gasteiger partial charge in [-0.1, -0.05) is 15.9 Å². The maximum Gasteiger partial charge on any atom is 0.222 e.